The van der Waals surface area contributed by atoms with Gasteiger partial charge in [0.2, 0.25) is 5.89 Å². The maximum Gasteiger partial charge on any atom is 0.323 e. The van der Waals surface area contributed by atoms with Gasteiger partial charge in [-0.05, 0) is 0 Å². The van der Waals surface area contributed by atoms with E-state index in [0.29, 0.717) is 16.8 Å². The summed E-state index contributed by atoms with van der Waals surface area (Å²) < 4.78 is 6.81. The molecule has 25 heavy (non-hydrogen) atoms. The normalized spacial score (nSPS) is 15.4. The van der Waals surface area contributed by atoms with Crippen LogP contribution in [0.4, 0.5) is 9.93 Å². The Labute approximate surface area is 155 Å². The fourth-order valence-electron chi connectivity index (χ4n) is 2.28. The van der Waals surface area contributed by atoms with Gasteiger partial charge in [0, 0.05) is 31.6 Å². The lowest BCUT2D eigenvalue weighted by molar-refractivity contribution is 0.204. The maximum atomic E-state index is 12.2. The van der Waals surface area contributed by atoms with Gasteiger partial charge in [-0.3, -0.25) is 5.32 Å². The van der Waals surface area contributed by atoms with Crippen LogP contribution in [0, 0.1) is 0 Å². The molecular weight excluding hydrogens is 358 g/mol. The summed E-state index contributed by atoms with van der Waals surface area (Å²) in [4.78, 5) is 22.6. The van der Waals surface area contributed by atoms with Gasteiger partial charge in [-0.15, -0.1) is 11.8 Å². The van der Waals surface area contributed by atoms with Crippen molar-refractivity contribution in [2.75, 3.05) is 31.5 Å². The summed E-state index contributed by atoms with van der Waals surface area (Å²) in [5, 5.41) is 6.72. The van der Waals surface area contributed by atoms with Crippen molar-refractivity contribution in [3.8, 4) is 0 Å². The first kappa shape index (κ1) is 18.2. The quantitative estimate of drug-likeness (QED) is 0.792. The van der Waals surface area contributed by atoms with Gasteiger partial charge >= 0.3 is 6.03 Å². The highest BCUT2D eigenvalue weighted by molar-refractivity contribution is 8.00. The summed E-state index contributed by atoms with van der Waals surface area (Å²) in [6.45, 7) is 9.40. The molecule has 2 aromatic rings. The Balaban J connectivity index is 1.51. The molecule has 2 N–H and O–H groups in total. The SMILES string of the molecule is CC(C)(C)c1cnc(CSc2cnc(NC(=O)N3CCNCC3)s2)o1. The smallest absolute Gasteiger partial charge is 0.323 e. The standard InChI is InChI=1S/C16H23N5O2S2/c1-16(2,3)11-8-18-12(23-11)10-24-13-9-19-14(25-13)20-15(22)21-6-4-17-5-7-21/h8-9,17H,4-7,10H2,1-3H3,(H,19,20,22). The van der Waals surface area contributed by atoms with Gasteiger partial charge in [0.15, 0.2) is 5.13 Å². The molecule has 136 valence electrons. The minimum Gasteiger partial charge on any atom is -0.444 e. The molecule has 0 radical (unpaired) electrons. The van der Waals surface area contributed by atoms with Gasteiger partial charge in [-0.25, -0.2) is 14.8 Å². The minimum absolute atomic E-state index is 0.0399. The molecule has 0 unspecified atom stereocenters. The van der Waals surface area contributed by atoms with Crippen molar-refractivity contribution in [1.82, 2.24) is 20.2 Å². The van der Waals surface area contributed by atoms with Crippen LogP contribution in [0.15, 0.2) is 21.0 Å². The van der Waals surface area contributed by atoms with Crippen LogP contribution in [0.1, 0.15) is 32.4 Å². The molecular formula is C16H23N5O2S2. The minimum atomic E-state index is -0.0880. The molecule has 0 saturated carbocycles. The third-order valence-electron chi connectivity index (χ3n) is 3.73. The Hall–Kier alpha value is -1.58. The first-order chi connectivity index (χ1) is 11.9. The molecule has 0 aromatic carbocycles. The van der Waals surface area contributed by atoms with Crippen molar-refractivity contribution in [2.24, 2.45) is 0 Å². The second kappa shape index (κ2) is 7.76. The van der Waals surface area contributed by atoms with E-state index in [4.69, 9.17) is 4.42 Å². The highest BCUT2D eigenvalue weighted by Gasteiger charge is 2.20. The molecule has 0 atom stereocenters. The second-order valence-electron chi connectivity index (χ2n) is 6.81. The van der Waals surface area contributed by atoms with E-state index in [9.17, 15) is 4.79 Å². The zero-order valence-electron chi connectivity index (χ0n) is 14.7. The zero-order valence-corrected chi connectivity index (χ0v) is 16.3. The molecule has 3 heterocycles. The van der Waals surface area contributed by atoms with Crippen molar-refractivity contribution >= 4 is 34.3 Å². The molecule has 2 amide bonds. The van der Waals surface area contributed by atoms with Crippen LogP contribution in [0.5, 0.6) is 0 Å². The molecule has 1 aliphatic rings. The average molecular weight is 382 g/mol. The van der Waals surface area contributed by atoms with Gasteiger partial charge in [-0.1, -0.05) is 32.1 Å². The number of nitrogens with one attached hydrogen (secondary N) is 2. The van der Waals surface area contributed by atoms with Crippen LogP contribution in [-0.4, -0.2) is 47.1 Å². The number of thiazole rings is 1. The number of rotatable bonds is 4. The lowest BCUT2D eigenvalue weighted by Crippen LogP contribution is -2.48. The van der Waals surface area contributed by atoms with Crippen LogP contribution in [-0.2, 0) is 11.2 Å². The van der Waals surface area contributed by atoms with E-state index >= 15 is 0 Å². The monoisotopic (exact) mass is 381 g/mol. The van der Waals surface area contributed by atoms with E-state index in [1.54, 1.807) is 29.1 Å². The molecule has 0 aliphatic carbocycles. The number of thioether (sulfide) groups is 1. The van der Waals surface area contributed by atoms with Gasteiger partial charge in [-0.2, -0.15) is 0 Å². The summed E-state index contributed by atoms with van der Waals surface area (Å²) in [5.74, 6) is 2.23. The number of aromatic nitrogens is 2. The summed E-state index contributed by atoms with van der Waals surface area (Å²) in [7, 11) is 0. The van der Waals surface area contributed by atoms with Gasteiger partial charge < -0.3 is 14.6 Å². The fourth-order valence-corrected chi connectivity index (χ4v) is 3.99. The van der Waals surface area contributed by atoms with Gasteiger partial charge in [0.1, 0.15) is 5.76 Å². The predicted octanol–water partition coefficient (Wildman–Crippen LogP) is 3.16. The third kappa shape index (κ3) is 4.96. The number of amides is 2. The third-order valence-corrected chi connectivity index (χ3v) is 5.83. The number of anilines is 1. The molecule has 1 fully saturated rings. The van der Waals surface area contributed by atoms with E-state index in [1.807, 2.05) is 0 Å². The van der Waals surface area contributed by atoms with Gasteiger partial charge in [0.25, 0.3) is 0 Å². The van der Waals surface area contributed by atoms with E-state index in [2.05, 4.69) is 41.4 Å². The molecule has 1 aliphatic heterocycles. The number of nitrogens with zero attached hydrogens (tertiary/aromatic N) is 3. The molecule has 3 rings (SSSR count). The summed E-state index contributed by atoms with van der Waals surface area (Å²) in [6.07, 6.45) is 3.57. The van der Waals surface area contributed by atoms with Crippen molar-refractivity contribution in [3.05, 3.63) is 24.0 Å². The molecule has 0 bridgehead atoms. The van der Waals surface area contributed by atoms with Gasteiger partial charge in [0.05, 0.1) is 22.4 Å². The number of carbonyl (C=O) groups is 1. The average Bonchev–Trinajstić information content (AvgIpc) is 3.22. The lowest BCUT2D eigenvalue weighted by Gasteiger charge is -2.26. The van der Waals surface area contributed by atoms with Crippen LogP contribution < -0.4 is 10.6 Å². The molecule has 1 saturated heterocycles. The molecule has 2 aromatic heterocycles. The second-order valence-corrected chi connectivity index (χ2v) is 9.11. The Morgan fingerprint density at radius 3 is 2.80 bits per heavy atom. The summed E-state index contributed by atoms with van der Waals surface area (Å²) >= 11 is 3.07. The van der Waals surface area contributed by atoms with E-state index in [1.165, 1.54) is 11.3 Å². The van der Waals surface area contributed by atoms with Crippen LogP contribution in [0.3, 0.4) is 0 Å². The summed E-state index contributed by atoms with van der Waals surface area (Å²) in [5.41, 5.74) is -0.0399. The zero-order chi connectivity index (χ0) is 17.9. The predicted molar refractivity (Wildman–Crippen MR) is 100 cm³/mol. The van der Waals surface area contributed by atoms with Crippen LogP contribution in [0.25, 0.3) is 0 Å². The van der Waals surface area contributed by atoms with E-state index in [0.717, 1.165) is 36.1 Å². The number of hydrogen-bond acceptors (Lipinski definition) is 7. The van der Waals surface area contributed by atoms with Crippen LogP contribution >= 0.6 is 23.1 Å². The molecule has 9 heteroatoms. The number of carbonyl (C=O) groups excluding carboxylic acids is 1. The lowest BCUT2D eigenvalue weighted by atomic mass is 9.94. The van der Waals surface area contributed by atoms with Crippen molar-refractivity contribution in [3.63, 3.8) is 0 Å². The topological polar surface area (TPSA) is 83.3 Å². The van der Waals surface area contributed by atoms with Crippen molar-refractivity contribution in [2.45, 2.75) is 36.1 Å². The maximum absolute atomic E-state index is 12.2. The number of oxazole rings is 1. The summed E-state index contributed by atoms with van der Waals surface area (Å²) in [6, 6.07) is -0.0880. The number of piperazine rings is 1. The molecule has 7 nitrogen and oxygen atoms in total. The number of hydrogen-bond donors (Lipinski definition) is 2. The van der Waals surface area contributed by atoms with Crippen molar-refractivity contribution < 1.29 is 9.21 Å². The highest BCUT2D eigenvalue weighted by Crippen LogP contribution is 2.31. The molecule has 0 spiro atoms. The first-order valence-electron chi connectivity index (χ1n) is 8.22. The van der Waals surface area contributed by atoms with Crippen LogP contribution in [0.2, 0.25) is 0 Å². The Kier molecular flexibility index (Phi) is 5.65. The largest absolute Gasteiger partial charge is 0.444 e. The fraction of sp³-hybridized carbons (Fsp3) is 0.562. The Morgan fingerprint density at radius 1 is 1.36 bits per heavy atom. The Bertz CT molecular complexity index is 716. The number of urea groups is 1. The van der Waals surface area contributed by atoms with E-state index in [-0.39, 0.29) is 11.4 Å². The Morgan fingerprint density at radius 2 is 2.12 bits per heavy atom. The van der Waals surface area contributed by atoms with E-state index < -0.39 is 0 Å². The first-order valence-corrected chi connectivity index (χ1v) is 10.0. The highest BCUT2D eigenvalue weighted by atomic mass is 32.2. The van der Waals surface area contributed by atoms with Crippen molar-refractivity contribution in [1.29, 1.82) is 0 Å².